The number of carbonyl (C=O) groups excluding carboxylic acids is 1. The van der Waals surface area contributed by atoms with Gasteiger partial charge in [-0.2, -0.15) is 0 Å². The number of halogens is 2. The maximum absolute atomic E-state index is 11.3. The monoisotopic (exact) mass is 359 g/mol. The zero-order valence-electron chi connectivity index (χ0n) is 11.0. The van der Waals surface area contributed by atoms with Crippen LogP contribution < -0.4 is 11.2 Å². The van der Waals surface area contributed by atoms with E-state index in [1.54, 1.807) is 0 Å². The summed E-state index contributed by atoms with van der Waals surface area (Å²) in [5.74, 6) is -0.789. The molecule has 0 spiro atoms. The van der Waals surface area contributed by atoms with Crippen LogP contribution in [0.3, 0.4) is 0 Å². The second-order valence-electron chi connectivity index (χ2n) is 4.44. The molecule has 0 saturated heterocycles. The zero-order chi connectivity index (χ0) is 16.4. The predicted molar refractivity (Wildman–Crippen MR) is 82.9 cm³/mol. The summed E-state index contributed by atoms with van der Waals surface area (Å²) in [4.78, 5) is 11.4. The van der Waals surface area contributed by atoms with Gasteiger partial charge in [-0.05, 0) is 29.8 Å². The van der Waals surface area contributed by atoms with Crippen molar-refractivity contribution in [3.05, 3.63) is 57.1 Å². The molecule has 0 bridgehead atoms. The van der Waals surface area contributed by atoms with Crippen molar-refractivity contribution < 1.29 is 13.2 Å². The standard InChI is InChI=1S/C13H11Cl2N3O3S/c14-8-1-2-11(22(20)21)7(3-8)5-18-6-9(15)4-10(12(18)16)13(17)19/h1-4,6,16,22H,5H2,(H2,17,19). The summed E-state index contributed by atoms with van der Waals surface area (Å²) < 4.78 is 23.9. The van der Waals surface area contributed by atoms with Gasteiger partial charge in [-0.1, -0.05) is 23.2 Å². The van der Waals surface area contributed by atoms with Gasteiger partial charge < -0.3 is 10.3 Å². The molecule has 1 amide bonds. The number of amides is 1. The molecule has 0 saturated carbocycles. The first kappa shape index (κ1) is 16.5. The second kappa shape index (κ2) is 6.51. The highest BCUT2D eigenvalue weighted by Gasteiger charge is 2.11. The summed E-state index contributed by atoms with van der Waals surface area (Å²) in [5.41, 5.74) is 5.37. The summed E-state index contributed by atoms with van der Waals surface area (Å²) in [7, 11) is -2.82. The minimum atomic E-state index is -2.82. The fourth-order valence-corrected chi connectivity index (χ4v) is 2.95. The summed E-state index contributed by atoms with van der Waals surface area (Å²) in [6.45, 7) is 0.0128. The van der Waals surface area contributed by atoms with Crippen LogP contribution >= 0.6 is 23.2 Å². The van der Waals surface area contributed by atoms with Crippen molar-refractivity contribution in [3.8, 4) is 0 Å². The van der Waals surface area contributed by atoms with E-state index in [1.807, 2.05) is 0 Å². The van der Waals surface area contributed by atoms with E-state index in [2.05, 4.69) is 0 Å². The number of benzene rings is 1. The number of hydrogen-bond acceptors (Lipinski definition) is 4. The van der Waals surface area contributed by atoms with Crippen LogP contribution in [0.1, 0.15) is 15.9 Å². The Morgan fingerprint density at radius 3 is 2.50 bits per heavy atom. The Morgan fingerprint density at radius 1 is 1.23 bits per heavy atom. The number of rotatable bonds is 4. The topological polar surface area (TPSA) is 106 Å². The van der Waals surface area contributed by atoms with Crippen molar-refractivity contribution in [2.45, 2.75) is 11.4 Å². The van der Waals surface area contributed by atoms with E-state index in [4.69, 9.17) is 34.3 Å². The second-order valence-corrected chi connectivity index (χ2v) is 6.31. The van der Waals surface area contributed by atoms with Gasteiger partial charge in [-0.3, -0.25) is 10.2 Å². The lowest BCUT2D eigenvalue weighted by molar-refractivity contribution is 0.0997. The highest BCUT2D eigenvalue weighted by atomic mass is 35.5. The first-order valence-corrected chi connectivity index (χ1v) is 7.90. The molecule has 0 aliphatic heterocycles. The Kier molecular flexibility index (Phi) is 4.90. The van der Waals surface area contributed by atoms with Gasteiger partial charge in [0.2, 0.25) is 0 Å². The number of primary amides is 1. The third-order valence-corrected chi connectivity index (χ3v) is 4.22. The van der Waals surface area contributed by atoms with Crippen molar-refractivity contribution >= 4 is 39.8 Å². The van der Waals surface area contributed by atoms with Gasteiger partial charge in [0, 0.05) is 11.2 Å². The molecule has 1 heterocycles. The average Bonchev–Trinajstić information content (AvgIpc) is 2.41. The molecule has 6 nitrogen and oxygen atoms in total. The molecule has 0 atom stereocenters. The van der Waals surface area contributed by atoms with Crippen LogP contribution in [0, 0.1) is 5.41 Å². The normalized spacial score (nSPS) is 10.9. The fourth-order valence-electron chi connectivity index (χ4n) is 1.97. The van der Waals surface area contributed by atoms with Crippen LogP contribution in [0.15, 0.2) is 35.4 Å². The lowest BCUT2D eigenvalue weighted by Gasteiger charge is -2.12. The number of pyridine rings is 1. The van der Waals surface area contributed by atoms with Gasteiger partial charge in [-0.25, -0.2) is 8.42 Å². The van der Waals surface area contributed by atoms with E-state index in [0.29, 0.717) is 10.6 Å². The lowest BCUT2D eigenvalue weighted by atomic mass is 10.2. The molecular formula is C13H11Cl2N3O3S. The van der Waals surface area contributed by atoms with Crippen LogP contribution in [0.2, 0.25) is 10.0 Å². The zero-order valence-corrected chi connectivity index (χ0v) is 13.5. The minimum Gasteiger partial charge on any atom is -0.365 e. The molecule has 0 aliphatic rings. The van der Waals surface area contributed by atoms with E-state index in [0.717, 1.165) is 0 Å². The predicted octanol–water partition coefficient (Wildman–Crippen LogP) is 1.39. The van der Waals surface area contributed by atoms with Gasteiger partial charge >= 0.3 is 0 Å². The Hall–Kier alpha value is -1.83. The van der Waals surface area contributed by atoms with Crippen LogP contribution in [0.5, 0.6) is 0 Å². The Balaban J connectivity index is 2.59. The first-order valence-electron chi connectivity index (χ1n) is 5.97. The minimum absolute atomic E-state index is 0.0128. The first-order chi connectivity index (χ1) is 10.3. The van der Waals surface area contributed by atoms with Crippen molar-refractivity contribution in [1.29, 1.82) is 5.41 Å². The number of carbonyl (C=O) groups is 1. The van der Waals surface area contributed by atoms with Crippen LogP contribution in [0.4, 0.5) is 0 Å². The number of thiol groups is 1. The largest absolute Gasteiger partial charge is 0.365 e. The molecule has 1 aromatic heterocycles. The van der Waals surface area contributed by atoms with E-state index < -0.39 is 16.6 Å². The Morgan fingerprint density at radius 2 is 1.91 bits per heavy atom. The molecule has 0 radical (unpaired) electrons. The van der Waals surface area contributed by atoms with E-state index in [9.17, 15) is 13.2 Å². The van der Waals surface area contributed by atoms with E-state index >= 15 is 0 Å². The van der Waals surface area contributed by atoms with Crippen LogP contribution in [-0.4, -0.2) is 18.9 Å². The molecule has 22 heavy (non-hydrogen) atoms. The summed E-state index contributed by atoms with van der Waals surface area (Å²) in [6.07, 6.45) is 1.42. The number of aromatic nitrogens is 1. The molecule has 2 rings (SSSR count). The fraction of sp³-hybridized carbons (Fsp3) is 0.0769. The van der Waals surface area contributed by atoms with Gasteiger partial charge in [0.25, 0.3) is 5.91 Å². The lowest BCUT2D eigenvalue weighted by Crippen LogP contribution is -2.30. The third kappa shape index (κ3) is 3.49. The number of nitrogens with two attached hydrogens (primary N) is 1. The van der Waals surface area contributed by atoms with Gasteiger partial charge in [0.1, 0.15) is 5.49 Å². The Bertz CT molecular complexity index is 883. The summed E-state index contributed by atoms with van der Waals surface area (Å²) in [5, 5.41) is 8.54. The highest BCUT2D eigenvalue weighted by molar-refractivity contribution is 7.72. The van der Waals surface area contributed by atoms with Crippen molar-refractivity contribution in [2.75, 3.05) is 0 Å². The van der Waals surface area contributed by atoms with Crippen LogP contribution in [0.25, 0.3) is 0 Å². The quantitative estimate of drug-likeness (QED) is 0.718. The summed E-state index contributed by atoms with van der Waals surface area (Å²) in [6, 6.07) is 5.62. The molecule has 9 heteroatoms. The number of nitrogens with zero attached hydrogens (tertiary/aromatic N) is 1. The smallest absolute Gasteiger partial charge is 0.252 e. The number of nitrogens with one attached hydrogen (secondary N) is 1. The molecule has 0 fully saturated rings. The van der Waals surface area contributed by atoms with E-state index in [1.165, 1.54) is 35.0 Å². The Labute approximate surface area is 137 Å². The average molecular weight is 360 g/mol. The molecule has 1 aromatic carbocycles. The van der Waals surface area contributed by atoms with Gasteiger partial charge in [-0.15, -0.1) is 0 Å². The van der Waals surface area contributed by atoms with Crippen molar-refractivity contribution in [1.82, 2.24) is 4.57 Å². The molecular weight excluding hydrogens is 349 g/mol. The maximum Gasteiger partial charge on any atom is 0.252 e. The molecule has 116 valence electrons. The SMILES string of the molecule is N=c1c(C(N)=O)cc(Cl)cn1Cc1cc(Cl)ccc1[SH](=O)=O. The molecule has 0 aliphatic carbocycles. The number of hydrogen-bond donors (Lipinski definition) is 3. The van der Waals surface area contributed by atoms with Crippen molar-refractivity contribution in [3.63, 3.8) is 0 Å². The highest BCUT2D eigenvalue weighted by Crippen LogP contribution is 2.19. The van der Waals surface area contributed by atoms with Crippen molar-refractivity contribution in [2.24, 2.45) is 5.73 Å². The van der Waals surface area contributed by atoms with Gasteiger partial charge in [0.05, 0.1) is 22.0 Å². The third-order valence-electron chi connectivity index (χ3n) is 2.95. The molecule has 0 unspecified atom stereocenters. The van der Waals surface area contributed by atoms with Gasteiger partial charge in [0.15, 0.2) is 10.7 Å². The van der Waals surface area contributed by atoms with E-state index in [-0.39, 0.29) is 27.5 Å². The van der Waals surface area contributed by atoms with Crippen LogP contribution in [-0.2, 0) is 17.2 Å². The maximum atomic E-state index is 11.3. The molecule has 3 N–H and O–H groups in total. The summed E-state index contributed by atoms with van der Waals surface area (Å²) >= 11 is 11.8. The molecule has 2 aromatic rings.